The second-order valence-electron chi connectivity index (χ2n) is 5.41. The van der Waals surface area contributed by atoms with Crippen LogP contribution in [0, 0.1) is 13.8 Å². The van der Waals surface area contributed by atoms with Crippen LogP contribution in [-0.4, -0.2) is 29.5 Å². The predicted molar refractivity (Wildman–Crippen MR) is 91.7 cm³/mol. The number of aryl methyl sites for hydroxylation is 2. The Kier molecular flexibility index (Phi) is 6.03. The van der Waals surface area contributed by atoms with Gasteiger partial charge in [-0.2, -0.15) is 5.10 Å². The maximum atomic E-state index is 10.6. The first-order chi connectivity index (χ1) is 11.3. The van der Waals surface area contributed by atoms with Crippen LogP contribution < -0.4 is 9.37 Å². The molecule has 24 heavy (non-hydrogen) atoms. The SMILES string of the molecule is Cc1sc(=NN=Cc2cc[n+](CCCS(=O)(=O)[O-])cc2)n(C)c1C. The Bertz CT molecular complexity index is 894. The first-order valence-electron chi connectivity index (χ1n) is 7.39. The van der Waals surface area contributed by atoms with Crippen molar-refractivity contribution < 1.29 is 17.5 Å². The smallest absolute Gasteiger partial charge is 0.210 e. The molecular weight excluding hydrogens is 348 g/mol. The van der Waals surface area contributed by atoms with Crippen LogP contribution in [0.4, 0.5) is 0 Å². The zero-order valence-electron chi connectivity index (χ0n) is 13.8. The van der Waals surface area contributed by atoms with E-state index < -0.39 is 10.1 Å². The Morgan fingerprint density at radius 2 is 2.00 bits per heavy atom. The summed E-state index contributed by atoms with van der Waals surface area (Å²) >= 11 is 1.59. The highest BCUT2D eigenvalue weighted by atomic mass is 32.2. The summed E-state index contributed by atoms with van der Waals surface area (Å²) in [7, 11) is -2.18. The van der Waals surface area contributed by atoms with Crippen molar-refractivity contribution >= 4 is 27.7 Å². The first kappa shape index (κ1) is 18.5. The molecule has 0 amide bonds. The van der Waals surface area contributed by atoms with E-state index in [4.69, 9.17) is 0 Å². The number of hydrogen-bond donors (Lipinski definition) is 0. The second-order valence-corrected chi connectivity index (χ2v) is 8.12. The van der Waals surface area contributed by atoms with Gasteiger partial charge in [0.1, 0.15) is 6.54 Å². The maximum absolute atomic E-state index is 10.6. The molecule has 0 N–H and O–H groups in total. The molecule has 0 fully saturated rings. The molecule has 2 heterocycles. The molecule has 130 valence electrons. The Morgan fingerprint density at radius 1 is 1.33 bits per heavy atom. The highest BCUT2D eigenvalue weighted by Crippen LogP contribution is 2.07. The quantitative estimate of drug-likeness (QED) is 0.328. The molecule has 2 aromatic rings. The van der Waals surface area contributed by atoms with Crippen molar-refractivity contribution in [1.29, 1.82) is 0 Å². The van der Waals surface area contributed by atoms with E-state index in [0.29, 0.717) is 13.0 Å². The lowest BCUT2D eigenvalue weighted by molar-refractivity contribution is -0.696. The first-order valence-corrected chi connectivity index (χ1v) is 9.78. The van der Waals surface area contributed by atoms with Gasteiger partial charge in [-0.3, -0.25) is 0 Å². The maximum Gasteiger partial charge on any atom is 0.210 e. The van der Waals surface area contributed by atoms with Crippen molar-refractivity contribution in [2.24, 2.45) is 17.3 Å². The van der Waals surface area contributed by atoms with Gasteiger partial charge in [-0.15, -0.1) is 16.4 Å². The van der Waals surface area contributed by atoms with Crippen LogP contribution in [0.25, 0.3) is 0 Å². The number of aromatic nitrogens is 2. The lowest BCUT2D eigenvalue weighted by Gasteiger charge is -2.03. The van der Waals surface area contributed by atoms with Crippen molar-refractivity contribution in [2.45, 2.75) is 26.8 Å². The van der Waals surface area contributed by atoms with Gasteiger partial charge in [-0.25, -0.2) is 13.0 Å². The molecule has 0 aliphatic carbocycles. The third kappa shape index (κ3) is 5.36. The van der Waals surface area contributed by atoms with Crippen LogP contribution in [0.3, 0.4) is 0 Å². The zero-order chi connectivity index (χ0) is 17.7. The Morgan fingerprint density at radius 3 is 2.54 bits per heavy atom. The number of nitrogens with zero attached hydrogens (tertiary/aromatic N) is 4. The monoisotopic (exact) mass is 368 g/mol. The van der Waals surface area contributed by atoms with Crippen LogP contribution in [-0.2, 0) is 23.7 Å². The van der Waals surface area contributed by atoms with Gasteiger partial charge in [0.2, 0.25) is 4.80 Å². The molecule has 0 saturated heterocycles. The molecule has 9 heteroatoms. The summed E-state index contributed by atoms with van der Waals surface area (Å²) in [4.78, 5) is 2.05. The lowest BCUT2D eigenvalue weighted by atomic mass is 10.3. The van der Waals surface area contributed by atoms with Crippen molar-refractivity contribution in [3.05, 3.63) is 45.5 Å². The van der Waals surface area contributed by atoms with Crippen LogP contribution in [0.1, 0.15) is 22.6 Å². The van der Waals surface area contributed by atoms with E-state index in [1.54, 1.807) is 17.6 Å². The molecule has 2 rings (SSSR count). The zero-order valence-corrected chi connectivity index (χ0v) is 15.5. The third-order valence-electron chi connectivity index (χ3n) is 3.62. The Hall–Kier alpha value is -1.84. The summed E-state index contributed by atoms with van der Waals surface area (Å²) in [5, 5.41) is 8.34. The highest BCUT2D eigenvalue weighted by molar-refractivity contribution is 7.85. The van der Waals surface area contributed by atoms with Crippen LogP contribution in [0.15, 0.2) is 34.7 Å². The van der Waals surface area contributed by atoms with Crippen molar-refractivity contribution in [3.63, 3.8) is 0 Å². The van der Waals surface area contributed by atoms with Gasteiger partial charge in [-0.05, 0) is 13.8 Å². The molecular formula is C15H20N4O3S2. The predicted octanol–water partition coefficient (Wildman–Crippen LogP) is 0.861. The standard InChI is InChI=1S/C15H20N4O3S2/c1-12-13(2)23-15(18(12)3)17-16-11-14-5-8-19(9-6-14)7-4-10-24(20,21)22/h5-6,8-9,11H,4,7,10H2,1-3H3. The van der Waals surface area contributed by atoms with Crippen molar-refractivity contribution in [2.75, 3.05) is 5.75 Å². The molecule has 0 aliphatic rings. The lowest BCUT2D eigenvalue weighted by Crippen LogP contribution is -2.33. The minimum absolute atomic E-state index is 0.298. The number of thiazole rings is 1. The van der Waals surface area contributed by atoms with E-state index in [2.05, 4.69) is 17.1 Å². The van der Waals surface area contributed by atoms with Gasteiger partial charge >= 0.3 is 0 Å². The van der Waals surface area contributed by atoms with Crippen LogP contribution in [0.2, 0.25) is 0 Å². The molecule has 0 bridgehead atoms. The summed E-state index contributed by atoms with van der Waals surface area (Å²) in [5.74, 6) is -0.348. The average molecular weight is 368 g/mol. The number of rotatable bonds is 6. The minimum atomic E-state index is -4.14. The van der Waals surface area contributed by atoms with Crippen LogP contribution in [0.5, 0.6) is 0 Å². The molecule has 0 spiro atoms. The molecule has 0 atom stereocenters. The highest BCUT2D eigenvalue weighted by Gasteiger charge is 2.03. The molecule has 0 aliphatic heterocycles. The van der Waals surface area contributed by atoms with E-state index >= 15 is 0 Å². The topological polar surface area (TPSA) is 90.7 Å². The van der Waals surface area contributed by atoms with Gasteiger partial charge in [0.05, 0.1) is 16.3 Å². The minimum Gasteiger partial charge on any atom is -0.748 e. The van der Waals surface area contributed by atoms with Crippen molar-refractivity contribution in [3.8, 4) is 0 Å². The molecule has 0 radical (unpaired) electrons. The average Bonchev–Trinajstić information content (AvgIpc) is 2.75. The van der Waals surface area contributed by atoms with Gasteiger partial charge in [-0.1, -0.05) is 0 Å². The van der Waals surface area contributed by atoms with Crippen molar-refractivity contribution in [1.82, 2.24) is 4.57 Å². The fraction of sp³-hybridized carbons (Fsp3) is 0.400. The van der Waals surface area contributed by atoms with Gasteiger partial charge in [0.15, 0.2) is 12.4 Å². The van der Waals surface area contributed by atoms with Gasteiger partial charge in [0, 0.05) is 47.5 Å². The van der Waals surface area contributed by atoms with Crippen LogP contribution >= 0.6 is 11.3 Å². The Labute approximate surface area is 145 Å². The normalized spacial score (nSPS) is 13.1. The second kappa shape index (κ2) is 7.82. The number of pyridine rings is 1. The van der Waals surface area contributed by atoms with Gasteiger partial charge < -0.3 is 9.12 Å². The fourth-order valence-corrected chi connectivity index (χ4v) is 3.42. The summed E-state index contributed by atoms with van der Waals surface area (Å²) in [6.45, 7) is 4.58. The summed E-state index contributed by atoms with van der Waals surface area (Å²) in [6.07, 6.45) is 5.60. The molecule has 0 unspecified atom stereocenters. The third-order valence-corrected chi connectivity index (χ3v) is 5.55. The molecule has 2 aromatic heterocycles. The molecule has 0 saturated carbocycles. The van der Waals surface area contributed by atoms with E-state index in [1.165, 1.54) is 10.6 Å². The van der Waals surface area contributed by atoms with E-state index in [-0.39, 0.29) is 5.75 Å². The molecule has 7 nitrogen and oxygen atoms in total. The summed E-state index contributed by atoms with van der Waals surface area (Å²) in [6, 6.07) is 3.71. The van der Waals surface area contributed by atoms with E-state index in [9.17, 15) is 13.0 Å². The summed E-state index contributed by atoms with van der Waals surface area (Å²) < 4.78 is 35.5. The van der Waals surface area contributed by atoms with Gasteiger partial charge in [0.25, 0.3) is 0 Å². The summed E-state index contributed by atoms with van der Waals surface area (Å²) in [5.41, 5.74) is 2.06. The van der Waals surface area contributed by atoms with E-state index in [0.717, 1.165) is 10.4 Å². The van der Waals surface area contributed by atoms with E-state index in [1.807, 2.05) is 47.6 Å². The fourth-order valence-electron chi connectivity index (χ4n) is 2.02. The number of hydrogen-bond acceptors (Lipinski definition) is 6. The Balaban J connectivity index is 1.99. The molecule has 0 aromatic carbocycles. The largest absolute Gasteiger partial charge is 0.748 e.